The van der Waals surface area contributed by atoms with E-state index < -0.39 is 15.9 Å². The molecule has 1 N–H and O–H groups in total. The van der Waals surface area contributed by atoms with Crippen LogP contribution in [0.2, 0.25) is 0 Å². The van der Waals surface area contributed by atoms with Crippen molar-refractivity contribution in [2.45, 2.75) is 27.7 Å². The van der Waals surface area contributed by atoms with Crippen LogP contribution in [0.5, 0.6) is 0 Å². The maximum absolute atomic E-state index is 11.4. The number of aliphatic hydroxyl groups excluding tert-OH is 1. The van der Waals surface area contributed by atoms with Gasteiger partial charge in [-0.2, -0.15) is 0 Å². The van der Waals surface area contributed by atoms with Crippen molar-refractivity contribution in [3.05, 3.63) is 52.5 Å². The quantitative estimate of drug-likeness (QED) is 0.860. The van der Waals surface area contributed by atoms with Crippen LogP contribution in [0.15, 0.2) is 61.6 Å². The number of hydrogen-bond acceptors (Lipinski definition) is 4. The van der Waals surface area contributed by atoms with Crippen LogP contribution >= 0.6 is 27.7 Å². The van der Waals surface area contributed by atoms with Gasteiger partial charge in [0.05, 0.1) is 11.0 Å². The summed E-state index contributed by atoms with van der Waals surface area (Å²) in [7, 11) is -3.16. The fraction of sp³-hybridized carbons (Fsp3) is 0.200. The molecule has 2 rings (SSSR count). The number of benzene rings is 2. The van der Waals surface area contributed by atoms with E-state index >= 15 is 0 Å². The lowest BCUT2D eigenvalue weighted by Gasteiger charge is -2.09. The summed E-state index contributed by atoms with van der Waals surface area (Å²) in [4.78, 5) is 2.27. The third-order valence-electron chi connectivity index (χ3n) is 2.92. The van der Waals surface area contributed by atoms with Crippen LogP contribution in [0, 0.1) is 0 Å². The lowest BCUT2D eigenvalue weighted by atomic mass is 10.1. The summed E-state index contributed by atoms with van der Waals surface area (Å²) in [5.41, 5.74) is 0.846. The first kappa shape index (κ1) is 16.5. The van der Waals surface area contributed by atoms with Crippen LogP contribution in [0.3, 0.4) is 0 Å². The second kappa shape index (κ2) is 6.52. The average molecular weight is 387 g/mol. The monoisotopic (exact) mass is 386 g/mol. The fourth-order valence-electron chi connectivity index (χ4n) is 1.74. The van der Waals surface area contributed by atoms with E-state index in [1.807, 2.05) is 18.2 Å². The Labute approximate surface area is 137 Å². The van der Waals surface area contributed by atoms with Crippen LogP contribution in [-0.2, 0) is 9.84 Å². The van der Waals surface area contributed by atoms with Gasteiger partial charge in [0.2, 0.25) is 0 Å². The van der Waals surface area contributed by atoms with Crippen molar-refractivity contribution in [2.24, 2.45) is 0 Å². The molecule has 2 aromatic carbocycles. The molecule has 3 nitrogen and oxygen atoms in total. The molecule has 0 aromatic heterocycles. The fourth-order valence-corrected chi connectivity index (χ4v) is 3.83. The molecule has 112 valence electrons. The zero-order chi connectivity index (χ0) is 15.6. The summed E-state index contributed by atoms with van der Waals surface area (Å²) in [5, 5.41) is 9.55. The molecule has 0 amide bonds. The van der Waals surface area contributed by atoms with E-state index in [4.69, 9.17) is 0 Å². The van der Waals surface area contributed by atoms with Gasteiger partial charge in [-0.05, 0) is 64.8 Å². The van der Waals surface area contributed by atoms with Gasteiger partial charge in [0.15, 0.2) is 9.84 Å². The molecule has 2 aromatic rings. The molecule has 0 aliphatic rings. The summed E-state index contributed by atoms with van der Waals surface area (Å²) in [6, 6.07) is 12.5. The summed E-state index contributed by atoms with van der Waals surface area (Å²) in [6.07, 6.45) is 0.690. The second-order valence-corrected chi connectivity index (χ2v) is 8.70. The Morgan fingerprint density at radius 2 is 1.76 bits per heavy atom. The van der Waals surface area contributed by atoms with Crippen molar-refractivity contribution in [1.82, 2.24) is 0 Å². The highest BCUT2D eigenvalue weighted by molar-refractivity contribution is 9.10. The van der Waals surface area contributed by atoms with E-state index in [0.29, 0.717) is 4.90 Å². The molecule has 0 radical (unpaired) electrons. The second-order valence-electron chi connectivity index (χ2n) is 4.71. The maximum Gasteiger partial charge on any atom is 0.175 e. The first-order valence-corrected chi connectivity index (χ1v) is 9.73. The molecule has 0 unspecified atom stereocenters. The highest BCUT2D eigenvalue weighted by atomic mass is 79.9. The van der Waals surface area contributed by atoms with Crippen molar-refractivity contribution < 1.29 is 13.5 Å². The highest BCUT2D eigenvalue weighted by Gasteiger charge is 2.09. The van der Waals surface area contributed by atoms with Crippen molar-refractivity contribution >= 4 is 37.5 Å². The highest BCUT2D eigenvalue weighted by Crippen LogP contribution is 2.35. The van der Waals surface area contributed by atoms with Crippen LogP contribution < -0.4 is 0 Å². The molecule has 6 heteroatoms. The van der Waals surface area contributed by atoms with Crippen LogP contribution in [0.25, 0.3) is 0 Å². The lowest BCUT2D eigenvalue weighted by molar-refractivity contribution is 0.199. The maximum atomic E-state index is 11.4. The van der Waals surface area contributed by atoms with E-state index in [-0.39, 0.29) is 0 Å². The standard InChI is InChI=1S/C15H15BrO3S2/c1-10(17)11-3-8-15(14(16)9-11)20-12-4-6-13(7-5-12)21(2,18)19/h3-10,17H,1-2H3/t10-/m1/s1. The molecule has 0 aliphatic heterocycles. The average Bonchev–Trinajstić information content (AvgIpc) is 2.40. The molecule has 0 spiro atoms. The molecule has 0 fully saturated rings. The number of sulfone groups is 1. The number of aliphatic hydroxyl groups is 1. The number of rotatable bonds is 4. The molecule has 0 saturated carbocycles. The summed E-state index contributed by atoms with van der Waals surface area (Å²) >= 11 is 5.02. The summed E-state index contributed by atoms with van der Waals surface area (Å²) in [5.74, 6) is 0. The smallest absolute Gasteiger partial charge is 0.175 e. The normalized spacial score (nSPS) is 13.1. The van der Waals surface area contributed by atoms with Crippen molar-refractivity contribution in [2.75, 3.05) is 6.26 Å². The van der Waals surface area contributed by atoms with E-state index in [0.717, 1.165) is 19.8 Å². The van der Waals surface area contributed by atoms with Gasteiger partial charge in [-0.1, -0.05) is 17.8 Å². The van der Waals surface area contributed by atoms with E-state index in [2.05, 4.69) is 15.9 Å². The van der Waals surface area contributed by atoms with Gasteiger partial charge in [-0.25, -0.2) is 8.42 Å². The SMILES string of the molecule is C[C@@H](O)c1ccc(Sc2ccc(S(C)(=O)=O)cc2)c(Br)c1. The third-order valence-corrected chi connectivity index (χ3v) is 6.05. The molecule has 21 heavy (non-hydrogen) atoms. The Balaban J connectivity index is 2.22. The minimum atomic E-state index is -3.16. The van der Waals surface area contributed by atoms with E-state index in [1.54, 1.807) is 31.2 Å². The molecular weight excluding hydrogens is 372 g/mol. The molecule has 0 saturated heterocycles. The van der Waals surface area contributed by atoms with Crippen LogP contribution in [0.1, 0.15) is 18.6 Å². The number of hydrogen-bond donors (Lipinski definition) is 1. The minimum absolute atomic E-state index is 0.315. The predicted molar refractivity (Wildman–Crippen MR) is 88.5 cm³/mol. The van der Waals surface area contributed by atoms with Gasteiger partial charge in [0, 0.05) is 20.5 Å². The molecule has 0 bridgehead atoms. The van der Waals surface area contributed by atoms with Gasteiger partial charge < -0.3 is 5.11 Å². The molecular formula is C15H15BrO3S2. The topological polar surface area (TPSA) is 54.4 Å². The van der Waals surface area contributed by atoms with E-state index in [9.17, 15) is 13.5 Å². The van der Waals surface area contributed by atoms with Gasteiger partial charge >= 0.3 is 0 Å². The Kier molecular flexibility index (Phi) is 5.14. The Bertz CT molecular complexity index is 738. The molecule has 0 aliphatic carbocycles. The van der Waals surface area contributed by atoms with Crippen molar-refractivity contribution in [3.63, 3.8) is 0 Å². The Morgan fingerprint density at radius 1 is 1.14 bits per heavy atom. The van der Waals surface area contributed by atoms with Gasteiger partial charge in [-0.15, -0.1) is 0 Å². The lowest BCUT2D eigenvalue weighted by Crippen LogP contribution is -1.96. The van der Waals surface area contributed by atoms with Gasteiger partial charge in [0.1, 0.15) is 0 Å². The minimum Gasteiger partial charge on any atom is -0.389 e. The zero-order valence-corrected chi connectivity index (χ0v) is 14.8. The first-order chi connectivity index (χ1) is 9.77. The largest absolute Gasteiger partial charge is 0.389 e. The first-order valence-electron chi connectivity index (χ1n) is 6.23. The summed E-state index contributed by atoms with van der Waals surface area (Å²) in [6.45, 7) is 1.72. The van der Waals surface area contributed by atoms with Crippen LogP contribution in [-0.4, -0.2) is 19.8 Å². The van der Waals surface area contributed by atoms with Gasteiger partial charge in [-0.3, -0.25) is 0 Å². The molecule has 0 heterocycles. The van der Waals surface area contributed by atoms with Crippen LogP contribution in [0.4, 0.5) is 0 Å². The van der Waals surface area contributed by atoms with E-state index in [1.165, 1.54) is 18.0 Å². The van der Waals surface area contributed by atoms with Crippen molar-refractivity contribution in [1.29, 1.82) is 0 Å². The predicted octanol–water partition coefficient (Wildman–Crippen LogP) is 4.06. The molecule has 1 atom stereocenters. The zero-order valence-electron chi connectivity index (χ0n) is 11.6. The number of halogens is 1. The summed E-state index contributed by atoms with van der Waals surface area (Å²) < 4.78 is 23.7. The third kappa shape index (κ3) is 4.32. The Morgan fingerprint density at radius 3 is 2.24 bits per heavy atom. The Hall–Kier alpha value is -0.820. The van der Waals surface area contributed by atoms with Gasteiger partial charge in [0.25, 0.3) is 0 Å². The van der Waals surface area contributed by atoms with Crippen molar-refractivity contribution in [3.8, 4) is 0 Å².